The van der Waals surface area contributed by atoms with Gasteiger partial charge in [0.25, 0.3) is 0 Å². The summed E-state index contributed by atoms with van der Waals surface area (Å²) in [5.74, 6) is -3.77. The predicted molar refractivity (Wildman–Crippen MR) is 96.5 cm³/mol. The van der Waals surface area contributed by atoms with Crippen molar-refractivity contribution in [3.05, 3.63) is 59.2 Å². The largest absolute Gasteiger partial charge is 0.245 e. The molecule has 0 bridgehead atoms. The molecule has 0 N–H and O–H groups in total. The van der Waals surface area contributed by atoms with Crippen LogP contribution in [0.1, 0.15) is 56.1 Å². The minimum atomic E-state index is -2.59. The van der Waals surface area contributed by atoms with Crippen LogP contribution < -0.4 is 0 Å². The number of alkyl halides is 2. The standard InChI is InChI=1S/C22H24F4/c1-14-3-12-19(21(24)20(14)23)18-10-8-17(9-11-18)16-6-4-15(5-7-16)13-22(2,25)26/h3,8-12,15-16H,4-7,13H2,1-2H3. The van der Waals surface area contributed by atoms with Gasteiger partial charge in [-0.25, -0.2) is 17.6 Å². The predicted octanol–water partition coefficient (Wildman–Crippen LogP) is 7.26. The van der Waals surface area contributed by atoms with E-state index < -0.39 is 17.6 Å². The molecule has 1 fully saturated rings. The van der Waals surface area contributed by atoms with Crippen molar-refractivity contribution in [2.24, 2.45) is 5.92 Å². The maximum absolute atomic E-state index is 14.1. The second kappa shape index (κ2) is 7.42. The highest BCUT2D eigenvalue weighted by molar-refractivity contribution is 5.65. The summed E-state index contributed by atoms with van der Waals surface area (Å²) in [5, 5.41) is 0. The van der Waals surface area contributed by atoms with Crippen molar-refractivity contribution in [2.75, 3.05) is 0 Å². The molecule has 0 spiro atoms. The van der Waals surface area contributed by atoms with E-state index in [2.05, 4.69) is 0 Å². The minimum absolute atomic E-state index is 0.0308. The number of aryl methyl sites for hydroxylation is 1. The second-order valence-corrected chi connectivity index (χ2v) is 7.67. The van der Waals surface area contributed by atoms with Crippen LogP contribution in [0.5, 0.6) is 0 Å². The van der Waals surface area contributed by atoms with Crippen molar-refractivity contribution < 1.29 is 17.6 Å². The molecular formula is C22H24F4. The van der Waals surface area contributed by atoms with E-state index in [0.29, 0.717) is 11.5 Å². The van der Waals surface area contributed by atoms with E-state index in [1.54, 1.807) is 12.1 Å². The quantitative estimate of drug-likeness (QED) is 0.501. The van der Waals surface area contributed by atoms with Gasteiger partial charge in [0.1, 0.15) is 0 Å². The molecule has 140 valence electrons. The summed E-state index contributed by atoms with van der Waals surface area (Å²) in [4.78, 5) is 0. The molecule has 0 aromatic heterocycles. The van der Waals surface area contributed by atoms with Crippen molar-refractivity contribution in [1.82, 2.24) is 0 Å². The maximum atomic E-state index is 14.1. The molecule has 2 aromatic rings. The van der Waals surface area contributed by atoms with E-state index in [4.69, 9.17) is 0 Å². The lowest BCUT2D eigenvalue weighted by Gasteiger charge is -2.30. The molecule has 1 saturated carbocycles. The molecular weight excluding hydrogens is 340 g/mol. The first-order chi connectivity index (χ1) is 12.2. The zero-order valence-electron chi connectivity index (χ0n) is 15.2. The average Bonchev–Trinajstić information content (AvgIpc) is 2.59. The molecule has 0 amide bonds. The van der Waals surface area contributed by atoms with E-state index in [-0.39, 0.29) is 23.5 Å². The molecule has 0 aliphatic heterocycles. The Morgan fingerprint density at radius 1 is 0.885 bits per heavy atom. The highest BCUT2D eigenvalue weighted by atomic mass is 19.3. The maximum Gasteiger partial charge on any atom is 0.245 e. The Morgan fingerprint density at radius 2 is 1.50 bits per heavy atom. The summed E-state index contributed by atoms with van der Waals surface area (Å²) in [6.07, 6.45) is 3.39. The molecule has 0 heterocycles. The Hall–Kier alpha value is -1.84. The van der Waals surface area contributed by atoms with Crippen LogP contribution in [0.2, 0.25) is 0 Å². The summed E-state index contributed by atoms with van der Waals surface area (Å²) in [7, 11) is 0. The summed E-state index contributed by atoms with van der Waals surface area (Å²) in [6.45, 7) is 2.53. The fourth-order valence-corrected chi connectivity index (χ4v) is 4.01. The lowest BCUT2D eigenvalue weighted by molar-refractivity contribution is -0.00932. The molecule has 26 heavy (non-hydrogen) atoms. The fraction of sp³-hybridized carbons (Fsp3) is 0.455. The van der Waals surface area contributed by atoms with Crippen LogP contribution in [0.3, 0.4) is 0 Å². The van der Waals surface area contributed by atoms with Gasteiger partial charge in [-0.1, -0.05) is 36.4 Å². The van der Waals surface area contributed by atoms with Crippen LogP contribution in [0.15, 0.2) is 36.4 Å². The van der Waals surface area contributed by atoms with Crippen molar-refractivity contribution in [3.8, 4) is 11.1 Å². The van der Waals surface area contributed by atoms with Gasteiger partial charge in [-0.05, 0) is 68.1 Å². The topological polar surface area (TPSA) is 0 Å². The summed E-state index contributed by atoms with van der Waals surface area (Å²) >= 11 is 0. The summed E-state index contributed by atoms with van der Waals surface area (Å²) < 4.78 is 54.2. The van der Waals surface area contributed by atoms with Crippen molar-refractivity contribution in [3.63, 3.8) is 0 Å². The van der Waals surface area contributed by atoms with E-state index in [1.807, 2.05) is 24.3 Å². The van der Waals surface area contributed by atoms with Gasteiger partial charge in [0.05, 0.1) is 0 Å². The lowest BCUT2D eigenvalue weighted by atomic mass is 9.76. The molecule has 4 heteroatoms. The highest BCUT2D eigenvalue weighted by Gasteiger charge is 2.30. The van der Waals surface area contributed by atoms with Crippen LogP contribution in [0.25, 0.3) is 11.1 Å². The van der Waals surface area contributed by atoms with Crippen LogP contribution in [-0.2, 0) is 0 Å². The summed E-state index contributed by atoms with van der Waals surface area (Å²) in [5.41, 5.74) is 2.33. The molecule has 3 rings (SSSR count). The fourth-order valence-electron chi connectivity index (χ4n) is 4.01. The third-order valence-corrected chi connectivity index (χ3v) is 5.46. The van der Waals surface area contributed by atoms with Gasteiger partial charge in [0.2, 0.25) is 5.92 Å². The van der Waals surface area contributed by atoms with Gasteiger partial charge in [-0.2, -0.15) is 0 Å². The average molecular weight is 364 g/mol. The zero-order valence-corrected chi connectivity index (χ0v) is 15.2. The van der Waals surface area contributed by atoms with Crippen molar-refractivity contribution >= 4 is 0 Å². The van der Waals surface area contributed by atoms with E-state index >= 15 is 0 Å². The number of halogens is 4. The summed E-state index contributed by atoms with van der Waals surface area (Å²) in [6, 6.07) is 10.7. The third-order valence-electron chi connectivity index (χ3n) is 5.46. The van der Waals surface area contributed by atoms with Crippen molar-refractivity contribution in [1.29, 1.82) is 0 Å². The first-order valence-electron chi connectivity index (χ1n) is 9.17. The van der Waals surface area contributed by atoms with E-state index in [0.717, 1.165) is 38.2 Å². The van der Waals surface area contributed by atoms with Crippen LogP contribution >= 0.6 is 0 Å². The van der Waals surface area contributed by atoms with Gasteiger partial charge >= 0.3 is 0 Å². The zero-order chi connectivity index (χ0) is 18.9. The molecule has 0 unspecified atom stereocenters. The minimum Gasteiger partial charge on any atom is -0.207 e. The van der Waals surface area contributed by atoms with Gasteiger partial charge in [0, 0.05) is 12.0 Å². The number of hydrogen-bond acceptors (Lipinski definition) is 0. The first kappa shape index (κ1) is 18.9. The second-order valence-electron chi connectivity index (χ2n) is 7.67. The number of benzene rings is 2. The normalized spacial score (nSPS) is 21.0. The molecule has 0 radical (unpaired) electrons. The molecule has 2 aromatic carbocycles. The highest BCUT2D eigenvalue weighted by Crippen LogP contribution is 2.40. The Morgan fingerprint density at radius 3 is 2.08 bits per heavy atom. The number of rotatable bonds is 4. The third kappa shape index (κ3) is 4.28. The van der Waals surface area contributed by atoms with E-state index in [1.165, 1.54) is 6.92 Å². The SMILES string of the molecule is Cc1ccc(-c2ccc(C3CCC(CC(C)(F)F)CC3)cc2)c(F)c1F. The number of hydrogen-bond donors (Lipinski definition) is 0. The van der Waals surface area contributed by atoms with Crippen LogP contribution in [0.4, 0.5) is 17.6 Å². The Bertz CT molecular complexity index is 751. The van der Waals surface area contributed by atoms with Crippen molar-refractivity contribution in [2.45, 2.75) is 57.8 Å². The molecule has 1 aliphatic rings. The molecule has 0 saturated heterocycles. The Labute approximate surface area is 152 Å². The Kier molecular flexibility index (Phi) is 5.40. The monoisotopic (exact) mass is 364 g/mol. The molecule has 0 nitrogen and oxygen atoms in total. The molecule has 1 aliphatic carbocycles. The van der Waals surface area contributed by atoms with Crippen LogP contribution in [-0.4, -0.2) is 5.92 Å². The smallest absolute Gasteiger partial charge is 0.207 e. The van der Waals surface area contributed by atoms with E-state index in [9.17, 15) is 17.6 Å². The van der Waals surface area contributed by atoms with Gasteiger partial charge in [-0.3, -0.25) is 0 Å². The lowest BCUT2D eigenvalue weighted by Crippen LogP contribution is -2.21. The van der Waals surface area contributed by atoms with Gasteiger partial charge in [0.15, 0.2) is 11.6 Å². The first-order valence-corrected chi connectivity index (χ1v) is 9.17. The van der Waals surface area contributed by atoms with Gasteiger partial charge in [-0.15, -0.1) is 0 Å². The van der Waals surface area contributed by atoms with Gasteiger partial charge < -0.3 is 0 Å². The van der Waals surface area contributed by atoms with Crippen LogP contribution in [0, 0.1) is 24.5 Å². The molecule has 0 atom stereocenters. The Balaban J connectivity index is 1.69.